The number of halogens is 3. The fraction of sp³-hybridized carbons (Fsp3) is 0.143. The lowest BCUT2D eigenvalue weighted by Gasteiger charge is -2.14. The summed E-state index contributed by atoms with van der Waals surface area (Å²) in [6.45, 7) is 0. The van der Waals surface area contributed by atoms with Crippen molar-refractivity contribution in [3.8, 4) is 0 Å². The minimum absolute atomic E-state index is 0.261. The largest absolute Gasteiger partial charge is 0.324 e. The summed E-state index contributed by atoms with van der Waals surface area (Å²) >= 11 is 12.2. The zero-order valence-electron chi connectivity index (χ0n) is 9.54. The van der Waals surface area contributed by atoms with E-state index < -0.39 is 0 Å². The molecule has 2 N–H and O–H groups in total. The Hall–Kier alpha value is -1.09. The summed E-state index contributed by atoms with van der Waals surface area (Å²) in [7, 11) is 0. The van der Waals surface area contributed by atoms with Crippen molar-refractivity contribution in [2.24, 2.45) is 5.73 Å². The summed E-state index contributed by atoms with van der Waals surface area (Å²) in [6, 6.07) is 11.2. The molecule has 0 aliphatic rings. The summed E-state index contributed by atoms with van der Waals surface area (Å²) < 4.78 is 12.8. The third-order valence-corrected chi connectivity index (χ3v) is 3.49. The summed E-state index contributed by atoms with van der Waals surface area (Å²) in [4.78, 5) is 0. The van der Waals surface area contributed by atoms with Gasteiger partial charge in [0.2, 0.25) is 0 Å². The number of hydrogen-bond donors (Lipinski definition) is 1. The van der Waals surface area contributed by atoms with E-state index >= 15 is 0 Å². The normalized spacial score (nSPS) is 12.4. The van der Waals surface area contributed by atoms with Crippen LogP contribution < -0.4 is 5.73 Å². The molecule has 0 saturated heterocycles. The Bertz CT molecular complexity index is 520. The Labute approximate surface area is 115 Å². The maximum Gasteiger partial charge on any atom is 0.123 e. The lowest BCUT2D eigenvalue weighted by molar-refractivity contribution is 0.624. The fourth-order valence-corrected chi connectivity index (χ4v) is 2.33. The molecule has 94 valence electrons. The van der Waals surface area contributed by atoms with Gasteiger partial charge in [-0.15, -0.1) is 0 Å². The minimum Gasteiger partial charge on any atom is -0.324 e. The van der Waals surface area contributed by atoms with Crippen LogP contribution in [0.25, 0.3) is 0 Å². The first-order chi connectivity index (χ1) is 8.58. The standard InChI is InChI=1S/C14H12Cl2FN/c15-12-2-1-3-13(16)11(12)8-14(18)9-4-6-10(17)7-5-9/h1-7,14H,8,18H2. The summed E-state index contributed by atoms with van der Waals surface area (Å²) in [5.41, 5.74) is 7.75. The van der Waals surface area contributed by atoms with Crippen molar-refractivity contribution in [3.05, 3.63) is 69.5 Å². The van der Waals surface area contributed by atoms with Gasteiger partial charge in [-0.25, -0.2) is 4.39 Å². The minimum atomic E-state index is -0.276. The molecule has 1 nitrogen and oxygen atoms in total. The van der Waals surface area contributed by atoms with Crippen LogP contribution in [0.3, 0.4) is 0 Å². The molecule has 0 saturated carbocycles. The average molecular weight is 284 g/mol. The van der Waals surface area contributed by atoms with Crippen LogP contribution in [0.2, 0.25) is 10.0 Å². The van der Waals surface area contributed by atoms with Crippen LogP contribution in [0.5, 0.6) is 0 Å². The lowest BCUT2D eigenvalue weighted by atomic mass is 9.99. The molecular formula is C14H12Cl2FN. The van der Waals surface area contributed by atoms with Crippen LogP contribution in [0.1, 0.15) is 17.2 Å². The van der Waals surface area contributed by atoms with Gasteiger partial charge in [0.1, 0.15) is 5.82 Å². The zero-order valence-corrected chi connectivity index (χ0v) is 11.0. The summed E-state index contributed by atoms with van der Waals surface area (Å²) in [5.74, 6) is -0.276. The predicted octanol–water partition coefficient (Wildman–Crippen LogP) is 4.38. The summed E-state index contributed by atoms with van der Waals surface area (Å²) in [6.07, 6.45) is 0.518. The second-order valence-electron chi connectivity index (χ2n) is 4.06. The number of benzene rings is 2. The van der Waals surface area contributed by atoms with Gasteiger partial charge >= 0.3 is 0 Å². The van der Waals surface area contributed by atoms with E-state index in [4.69, 9.17) is 28.9 Å². The van der Waals surface area contributed by atoms with Crippen molar-refractivity contribution in [2.75, 3.05) is 0 Å². The third-order valence-electron chi connectivity index (χ3n) is 2.78. The maximum atomic E-state index is 12.8. The van der Waals surface area contributed by atoms with Crippen LogP contribution in [-0.2, 0) is 6.42 Å². The maximum absolute atomic E-state index is 12.8. The van der Waals surface area contributed by atoms with Crippen molar-refractivity contribution >= 4 is 23.2 Å². The second-order valence-corrected chi connectivity index (χ2v) is 4.88. The molecule has 2 aromatic carbocycles. The Morgan fingerprint density at radius 2 is 1.56 bits per heavy atom. The first kappa shape index (κ1) is 13.3. The highest BCUT2D eigenvalue weighted by Gasteiger charge is 2.12. The van der Waals surface area contributed by atoms with Crippen LogP contribution >= 0.6 is 23.2 Å². The van der Waals surface area contributed by atoms with Crippen molar-refractivity contribution in [2.45, 2.75) is 12.5 Å². The monoisotopic (exact) mass is 283 g/mol. The first-order valence-corrected chi connectivity index (χ1v) is 6.27. The van der Waals surface area contributed by atoms with Gasteiger partial charge in [-0.05, 0) is 41.8 Å². The van der Waals surface area contributed by atoms with Crippen molar-refractivity contribution in [1.82, 2.24) is 0 Å². The van der Waals surface area contributed by atoms with Crippen molar-refractivity contribution < 1.29 is 4.39 Å². The Morgan fingerprint density at radius 1 is 1.00 bits per heavy atom. The van der Waals surface area contributed by atoms with E-state index in [1.54, 1.807) is 30.3 Å². The van der Waals surface area contributed by atoms with Crippen molar-refractivity contribution in [1.29, 1.82) is 0 Å². The van der Waals surface area contributed by atoms with Crippen LogP contribution in [0.4, 0.5) is 4.39 Å². The van der Waals surface area contributed by atoms with E-state index in [1.807, 2.05) is 0 Å². The van der Waals surface area contributed by atoms with Gasteiger partial charge in [0, 0.05) is 16.1 Å². The van der Waals surface area contributed by atoms with Gasteiger partial charge in [-0.3, -0.25) is 0 Å². The van der Waals surface area contributed by atoms with Crippen LogP contribution in [0.15, 0.2) is 42.5 Å². The van der Waals surface area contributed by atoms with E-state index in [2.05, 4.69) is 0 Å². The average Bonchev–Trinajstić information content (AvgIpc) is 2.34. The lowest BCUT2D eigenvalue weighted by Crippen LogP contribution is -2.13. The molecule has 2 rings (SSSR count). The fourth-order valence-electron chi connectivity index (χ4n) is 1.78. The van der Waals surface area contributed by atoms with Crippen LogP contribution in [-0.4, -0.2) is 0 Å². The highest BCUT2D eigenvalue weighted by atomic mass is 35.5. The summed E-state index contributed by atoms with van der Waals surface area (Å²) in [5, 5.41) is 1.19. The Kier molecular flexibility index (Phi) is 4.23. The van der Waals surface area contributed by atoms with Gasteiger partial charge in [-0.2, -0.15) is 0 Å². The molecule has 2 aromatic rings. The molecule has 1 unspecified atom stereocenters. The van der Waals surface area contributed by atoms with E-state index in [9.17, 15) is 4.39 Å². The molecule has 1 atom stereocenters. The van der Waals surface area contributed by atoms with E-state index in [0.29, 0.717) is 16.5 Å². The van der Waals surface area contributed by atoms with Gasteiger partial charge in [0.15, 0.2) is 0 Å². The molecule has 0 aliphatic heterocycles. The van der Waals surface area contributed by atoms with Gasteiger partial charge in [0.05, 0.1) is 0 Å². The van der Waals surface area contributed by atoms with Gasteiger partial charge in [0.25, 0.3) is 0 Å². The number of nitrogens with two attached hydrogens (primary N) is 1. The van der Waals surface area contributed by atoms with E-state index in [0.717, 1.165) is 11.1 Å². The topological polar surface area (TPSA) is 26.0 Å². The molecule has 0 radical (unpaired) electrons. The number of rotatable bonds is 3. The molecule has 4 heteroatoms. The van der Waals surface area contributed by atoms with Crippen molar-refractivity contribution in [3.63, 3.8) is 0 Å². The smallest absolute Gasteiger partial charge is 0.123 e. The molecule has 0 bridgehead atoms. The number of hydrogen-bond acceptors (Lipinski definition) is 1. The Balaban J connectivity index is 2.21. The highest BCUT2D eigenvalue weighted by molar-refractivity contribution is 6.36. The molecule has 0 spiro atoms. The highest BCUT2D eigenvalue weighted by Crippen LogP contribution is 2.28. The Morgan fingerprint density at radius 3 is 2.11 bits per heavy atom. The first-order valence-electron chi connectivity index (χ1n) is 5.52. The molecular weight excluding hydrogens is 272 g/mol. The van der Waals surface area contributed by atoms with E-state index in [-0.39, 0.29) is 11.9 Å². The van der Waals surface area contributed by atoms with Crippen LogP contribution in [0, 0.1) is 5.82 Å². The van der Waals surface area contributed by atoms with Gasteiger partial charge < -0.3 is 5.73 Å². The van der Waals surface area contributed by atoms with E-state index in [1.165, 1.54) is 12.1 Å². The van der Waals surface area contributed by atoms with Gasteiger partial charge in [-0.1, -0.05) is 41.4 Å². The molecule has 0 heterocycles. The molecule has 0 amide bonds. The molecule has 0 fully saturated rings. The molecule has 18 heavy (non-hydrogen) atoms. The predicted molar refractivity (Wildman–Crippen MR) is 73.5 cm³/mol. The SMILES string of the molecule is NC(Cc1c(Cl)cccc1Cl)c1ccc(F)cc1. The quantitative estimate of drug-likeness (QED) is 0.889. The second kappa shape index (κ2) is 5.70. The molecule has 0 aliphatic carbocycles. The zero-order chi connectivity index (χ0) is 13.1. The third kappa shape index (κ3) is 3.02. The molecule has 0 aromatic heterocycles.